The Balaban J connectivity index is 1.40. The highest BCUT2D eigenvalue weighted by molar-refractivity contribution is 8.18. The summed E-state index contributed by atoms with van der Waals surface area (Å²) in [4.78, 5) is 20.4. The lowest BCUT2D eigenvalue weighted by Crippen LogP contribution is -2.28. The number of aliphatic imine (C=N–C) groups is 1. The molecule has 0 N–H and O–H groups in total. The maximum Gasteiger partial charge on any atom is 0.267 e. The molecule has 0 saturated carbocycles. The van der Waals surface area contributed by atoms with Crippen molar-refractivity contribution >= 4 is 34.6 Å². The number of aryl methyl sites for hydroxylation is 1. The van der Waals surface area contributed by atoms with E-state index in [1.54, 1.807) is 11.2 Å². The number of carbonyl (C=O) groups excluding carboxylic acids is 1. The van der Waals surface area contributed by atoms with Crippen molar-refractivity contribution in [2.75, 3.05) is 6.61 Å². The van der Waals surface area contributed by atoms with Crippen LogP contribution in [0.3, 0.4) is 0 Å². The fraction of sp³-hybridized carbons (Fsp3) is 0.161. The minimum absolute atomic E-state index is 0.126. The summed E-state index contributed by atoms with van der Waals surface area (Å²) in [5.41, 5.74) is 3.91. The molecule has 1 amide bonds. The van der Waals surface area contributed by atoms with Gasteiger partial charge < -0.3 is 13.9 Å². The Labute approximate surface area is 226 Å². The van der Waals surface area contributed by atoms with Crippen LogP contribution in [0.4, 0.5) is 5.69 Å². The van der Waals surface area contributed by atoms with Crippen molar-refractivity contribution in [1.82, 2.24) is 4.90 Å². The van der Waals surface area contributed by atoms with E-state index in [1.165, 1.54) is 17.3 Å². The molecule has 3 aromatic carbocycles. The molecule has 1 fully saturated rings. The van der Waals surface area contributed by atoms with Crippen LogP contribution in [0.15, 0.2) is 106 Å². The fourth-order valence-electron chi connectivity index (χ4n) is 3.90. The number of para-hydroxylation sites is 1. The molecule has 2 heterocycles. The van der Waals surface area contributed by atoms with E-state index in [9.17, 15) is 4.79 Å². The largest absolute Gasteiger partial charge is 0.490 e. The van der Waals surface area contributed by atoms with E-state index in [0.717, 1.165) is 16.8 Å². The highest BCUT2D eigenvalue weighted by Gasteiger charge is 2.34. The second-order valence-electron chi connectivity index (χ2n) is 8.72. The maximum atomic E-state index is 13.5. The van der Waals surface area contributed by atoms with Crippen LogP contribution in [0.1, 0.15) is 29.4 Å². The lowest BCUT2D eigenvalue weighted by Gasteiger charge is -2.14. The van der Waals surface area contributed by atoms with Crippen LogP contribution >= 0.6 is 11.8 Å². The molecule has 0 radical (unpaired) electrons. The molecule has 0 bridgehead atoms. The number of amides is 1. The second-order valence-corrected chi connectivity index (χ2v) is 9.73. The van der Waals surface area contributed by atoms with Gasteiger partial charge in [-0.1, -0.05) is 54.1 Å². The maximum absolute atomic E-state index is 13.5. The summed E-state index contributed by atoms with van der Waals surface area (Å²) in [6.07, 6.45) is 3.47. The van der Waals surface area contributed by atoms with Crippen LogP contribution in [-0.2, 0) is 17.9 Å². The Morgan fingerprint density at radius 1 is 0.947 bits per heavy atom. The third-order valence-corrected chi connectivity index (χ3v) is 6.85. The zero-order valence-corrected chi connectivity index (χ0v) is 22.1. The van der Waals surface area contributed by atoms with Gasteiger partial charge in [0.1, 0.15) is 12.4 Å². The van der Waals surface area contributed by atoms with Crippen molar-refractivity contribution in [3.8, 4) is 11.5 Å². The van der Waals surface area contributed by atoms with Gasteiger partial charge in [0.25, 0.3) is 5.91 Å². The van der Waals surface area contributed by atoms with Gasteiger partial charge in [0.2, 0.25) is 0 Å². The Morgan fingerprint density at radius 2 is 1.76 bits per heavy atom. The van der Waals surface area contributed by atoms with Crippen LogP contribution in [0, 0.1) is 6.92 Å². The number of hydrogen-bond donors (Lipinski definition) is 0. The first-order valence-corrected chi connectivity index (χ1v) is 13.2. The summed E-state index contributed by atoms with van der Waals surface area (Å²) >= 11 is 1.34. The zero-order chi connectivity index (χ0) is 26.3. The second kappa shape index (κ2) is 11.9. The number of amidine groups is 1. The number of thioether (sulfide) groups is 1. The molecular formula is C31H28N2O4S. The third-order valence-electron chi connectivity index (χ3n) is 5.84. The molecule has 7 heteroatoms. The predicted octanol–water partition coefficient (Wildman–Crippen LogP) is 7.37. The molecular weight excluding hydrogens is 496 g/mol. The molecule has 0 atom stereocenters. The molecule has 6 nitrogen and oxygen atoms in total. The van der Waals surface area contributed by atoms with Crippen LogP contribution in [0.2, 0.25) is 0 Å². The average Bonchev–Trinajstić information content (AvgIpc) is 3.54. The number of rotatable bonds is 9. The monoisotopic (exact) mass is 524 g/mol. The number of ether oxygens (including phenoxy) is 2. The number of benzene rings is 3. The highest BCUT2D eigenvalue weighted by atomic mass is 32.2. The minimum atomic E-state index is -0.126. The van der Waals surface area contributed by atoms with Gasteiger partial charge in [-0.05, 0) is 79.2 Å². The van der Waals surface area contributed by atoms with Gasteiger partial charge in [0.05, 0.1) is 30.0 Å². The van der Waals surface area contributed by atoms with Gasteiger partial charge in [-0.3, -0.25) is 9.69 Å². The van der Waals surface area contributed by atoms with Gasteiger partial charge in [0, 0.05) is 0 Å². The van der Waals surface area contributed by atoms with E-state index in [2.05, 4.69) is 31.2 Å². The lowest BCUT2D eigenvalue weighted by molar-refractivity contribution is -0.122. The SMILES string of the molecule is CCOc1cc(/C=C2\SC(=Nc3ccccc3)N(Cc3ccco3)C2=O)ccc1OCc1ccc(C)cc1. The molecule has 1 aliphatic rings. The molecule has 0 aliphatic carbocycles. The summed E-state index contributed by atoms with van der Waals surface area (Å²) in [7, 11) is 0. The van der Waals surface area contributed by atoms with Crippen LogP contribution < -0.4 is 9.47 Å². The van der Waals surface area contributed by atoms with E-state index in [0.29, 0.717) is 47.1 Å². The Hall–Kier alpha value is -4.23. The van der Waals surface area contributed by atoms with E-state index in [1.807, 2.05) is 73.7 Å². The van der Waals surface area contributed by atoms with Crippen LogP contribution in [-0.4, -0.2) is 22.6 Å². The molecule has 1 aromatic heterocycles. The molecule has 0 unspecified atom stereocenters. The van der Waals surface area contributed by atoms with Crippen LogP contribution in [0.5, 0.6) is 11.5 Å². The average molecular weight is 525 g/mol. The van der Waals surface area contributed by atoms with Gasteiger partial charge in [-0.25, -0.2) is 4.99 Å². The Morgan fingerprint density at radius 3 is 2.50 bits per heavy atom. The van der Waals surface area contributed by atoms with Crippen molar-refractivity contribution in [1.29, 1.82) is 0 Å². The third kappa shape index (κ3) is 6.18. The first kappa shape index (κ1) is 25.4. The number of hydrogen-bond acceptors (Lipinski definition) is 6. The first-order chi connectivity index (χ1) is 18.6. The van der Waals surface area contributed by atoms with Crippen molar-refractivity contribution in [3.05, 3.63) is 119 Å². The van der Waals surface area contributed by atoms with Crippen molar-refractivity contribution < 1.29 is 18.7 Å². The van der Waals surface area contributed by atoms with Gasteiger partial charge in [-0.2, -0.15) is 0 Å². The van der Waals surface area contributed by atoms with Crippen molar-refractivity contribution in [2.24, 2.45) is 4.99 Å². The predicted molar refractivity (Wildman–Crippen MR) is 151 cm³/mol. The smallest absolute Gasteiger partial charge is 0.267 e. The summed E-state index contributed by atoms with van der Waals surface area (Å²) in [6, 6.07) is 27.2. The molecule has 192 valence electrons. The summed E-state index contributed by atoms with van der Waals surface area (Å²) in [5.74, 6) is 1.86. The minimum Gasteiger partial charge on any atom is -0.490 e. The first-order valence-electron chi connectivity index (χ1n) is 12.4. The quantitative estimate of drug-likeness (QED) is 0.214. The molecule has 4 aromatic rings. The Kier molecular flexibility index (Phi) is 7.95. The molecule has 1 saturated heterocycles. The number of carbonyl (C=O) groups is 1. The van der Waals surface area contributed by atoms with E-state index in [-0.39, 0.29) is 5.91 Å². The van der Waals surface area contributed by atoms with E-state index in [4.69, 9.17) is 18.9 Å². The fourth-order valence-corrected chi connectivity index (χ4v) is 4.90. The molecule has 0 spiro atoms. The van der Waals surface area contributed by atoms with Gasteiger partial charge in [-0.15, -0.1) is 0 Å². The Bertz CT molecular complexity index is 1450. The summed E-state index contributed by atoms with van der Waals surface area (Å²) in [6.45, 7) is 5.24. The van der Waals surface area contributed by atoms with Gasteiger partial charge in [0.15, 0.2) is 16.7 Å². The van der Waals surface area contributed by atoms with Gasteiger partial charge >= 0.3 is 0 Å². The number of nitrogens with zero attached hydrogens (tertiary/aromatic N) is 2. The zero-order valence-electron chi connectivity index (χ0n) is 21.3. The van der Waals surface area contributed by atoms with E-state index >= 15 is 0 Å². The highest BCUT2D eigenvalue weighted by Crippen LogP contribution is 2.37. The summed E-state index contributed by atoms with van der Waals surface area (Å²) in [5, 5.41) is 0.604. The lowest BCUT2D eigenvalue weighted by atomic mass is 10.1. The molecule has 38 heavy (non-hydrogen) atoms. The standard InChI is InChI=1S/C31H28N2O4S/c1-3-35-28-18-24(15-16-27(28)37-21-23-13-11-22(2)12-14-23)19-29-30(34)33(20-26-10-7-17-36-26)31(38-29)32-25-8-5-4-6-9-25/h4-19H,3,20-21H2,1-2H3/b29-19-,32-31?. The molecule has 5 rings (SSSR count). The number of furan rings is 1. The van der Waals surface area contributed by atoms with E-state index < -0.39 is 0 Å². The normalized spacial score (nSPS) is 15.4. The van der Waals surface area contributed by atoms with Crippen LogP contribution in [0.25, 0.3) is 6.08 Å². The van der Waals surface area contributed by atoms with Crippen molar-refractivity contribution in [2.45, 2.75) is 27.0 Å². The topological polar surface area (TPSA) is 64.3 Å². The summed E-state index contributed by atoms with van der Waals surface area (Å²) < 4.78 is 17.4. The molecule has 1 aliphatic heterocycles. The van der Waals surface area contributed by atoms with Crippen molar-refractivity contribution in [3.63, 3.8) is 0 Å².